The number of nitrogens with one attached hydrogen (secondary N) is 1. The summed E-state index contributed by atoms with van der Waals surface area (Å²) < 4.78 is 29.5. The summed E-state index contributed by atoms with van der Waals surface area (Å²) in [5, 5.41) is 3.15. The molecular weight excluding hydrogens is 388 g/mol. The van der Waals surface area contributed by atoms with Crippen LogP contribution in [0, 0.1) is 0 Å². The van der Waals surface area contributed by atoms with Crippen LogP contribution in [0.5, 0.6) is 5.75 Å². The molecule has 27 heavy (non-hydrogen) atoms. The van der Waals surface area contributed by atoms with Crippen LogP contribution in [-0.2, 0) is 10.0 Å². The SMILES string of the molecule is CC[C@@H](NC(=O)c1ccc(N(C)S(C)(=O)=O)cc1Cl)c1ccc(OC)cc1. The van der Waals surface area contributed by atoms with Crippen LogP contribution in [0.1, 0.15) is 35.3 Å². The van der Waals surface area contributed by atoms with Crippen molar-refractivity contribution in [3.63, 3.8) is 0 Å². The Morgan fingerprint density at radius 2 is 1.85 bits per heavy atom. The van der Waals surface area contributed by atoms with Gasteiger partial charge in [0.05, 0.1) is 35.7 Å². The molecule has 0 bridgehead atoms. The number of ether oxygens (including phenoxy) is 1. The zero-order chi connectivity index (χ0) is 20.2. The van der Waals surface area contributed by atoms with Gasteiger partial charge in [-0.05, 0) is 42.3 Å². The third kappa shape index (κ3) is 5.14. The number of carbonyl (C=O) groups is 1. The molecule has 1 atom stereocenters. The van der Waals surface area contributed by atoms with Gasteiger partial charge in [0.15, 0.2) is 0 Å². The fourth-order valence-electron chi connectivity index (χ4n) is 2.57. The monoisotopic (exact) mass is 410 g/mol. The van der Waals surface area contributed by atoms with E-state index in [-0.39, 0.29) is 22.5 Å². The minimum Gasteiger partial charge on any atom is -0.497 e. The lowest BCUT2D eigenvalue weighted by molar-refractivity contribution is 0.0935. The minimum atomic E-state index is -3.41. The molecule has 0 aliphatic heterocycles. The van der Waals surface area contributed by atoms with Gasteiger partial charge < -0.3 is 10.1 Å². The molecule has 0 aliphatic carbocycles. The van der Waals surface area contributed by atoms with Gasteiger partial charge >= 0.3 is 0 Å². The van der Waals surface area contributed by atoms with Gasteiger partial charge in [-0.15, -0.1) is 0 Å². The van der Waals surface area contributed by atoms with E-state index in [0.29, 0.717) is 12.1 Å². The predicted molar refractivity (Wildman–Crippen MR) is 108 cm³/mol. The number of nitrogens with zero attached hydrogens (tertiary/aromatic N) is 1. The fourth-order valence-corrected chi connectivity index (χ4v) is 3.33. The molecule has 6 nitrogen and oxygen atoms in total. The normalized spacial score (nSPS) is 12.3. The largest absolute Gasteiger partial charge is 0.497 e. The van der Waals surface area contributed by atoms with Gasteiger partial charge in [0.25, 0.3) is 5.91 Å². The van der Waals surface area contributed by atoms with E-state index in [1.807, 2.05) is 31.2 Å². The lowest BCUT2D eigenvalue weighted by Gasteiger charge is -2.20. The van der Waals surface area contributed by atoms with E-state index in [1.54, 1.807) is 13.2 Å². The van der Waals surface area contributed by atoms with Crippen LogP contribution in [0.4, 0.5) is 5.69 Å². The lowest BCUT2D eigenvalue weighted by atomic mass is 10.0. The van der Waals surface area contributed by atoms with Crippen LogP contribution in [0.2, 0.25) is 5.02 Å². The molecule has 0 aliphatic rings. The van der Waals surface area contributed by atoms with E-state index in [0.717, 1.165) is 21.9 Å². The standard InChI is InChI=1S/C19H23ClN2O4S/c1-5-18(13-6-9-15(26-3)10-7-13)21-19(23)16-11-8-14(12-17(16)20)22(2)27(4,24)25/h6-12,18H,5H2,1-4H3,(H,21,23)/t18-/m1/s1. The Morgan fingerprint density at radius 1 is 1.22 bits per heavy atom. The number of amides is 1. The number of anilines is 1. The van der Waals surface area contributed by atoms with Crippen LogP contribution in [0.25, 0.3) is 0 Å². The summed E-state index contributed by atoms with van der Waals surface area (Å²) in [6, 6.07) is 11.8. The second-order valence-electron chi connectivity index (χ2n) is 6.10. The van der Waals surface area contributed by atoms with E-state index in [9.17, 15) is 13.2 Å². The van der Waals surface area contributed by atoms with E-state index < -0.39 is 10.0 Å². The first kappa shape index (κ1) is 21.1. The Kier molecular flexibility index (Phi) is 6.73. The summed E-state index contributed by atoms with van der Waals surface area (Å²) in [4.78, 5) is 12.7. The maximum absolute atomic E-state index is 12.7. The number of sulfonamides is 1. The highest BCUT2D eigenvalue weighted by Crippen LogP contribution is 2.26. The van der Waals surface area contributed by atoms with E-state index in [4.69, 9.17) is 16.3 Å². The highest BCUT2D eigenvalue weighted by Gasteiger charge is 2.19. The molecule has 0 heterocycles. The number of hydrogen-bond donors (Lipinski definition) is 1. The van der Waals surface area contributed by atoms with Gasteiger partial charge in [0, 0.05) is 7.05 Å². The quantitative estimate of drug-likeness (QED) is 0.756. The van der Waals surface area contributed by atoms with E-state index >= 15 is 0 Å². The molecule has 2 rings (SSSR count). The van der Waals surface area contributed by atoms with Crippen LogP contribution in [0.3, 0.4) is 0 Å². The third-order valence-corrected chi connectivity index (χ3v) is 5.81. The van der Waals surface area contributed by atoms with E-state index in [1.165, 1.54) is 19.2 Å². The zero-order valence-electron chi connectivity index (χ0n) is 15.7. The molecule has 2 aromatic carbocycles. The topological polar surface area (TPSA) is 75.7 Å². The average Bonchev–Trinajstić information content (AvgIpc) is 2.64. The van der Waals surface area contributed by atoms with Gasteiger partial charge in [-0.2, -0.15) is 0 Å². The molecule has 0 aromatic heterocycles. The summed E-state index contributed by atoms with van der Waals surface area (Å²) in [6.45, 7) is 1.97. The van der Waals surface area contributed by atoms with Gasteiger partial charge in [-0.3, -0.25) is 9.10 Å². The summed E-state index contributed by atoms with van der Waals surface area (Å²) in [6.07, 6.45) is 1.80. The fraction of sp³-hybridized carbons (Fsp3) is 0.316. The van der Waals surface area contributed by atoms with Crippen molar-refractivity contribution in [2.24, 2.45) is 0 Å². The Morgan fingerprint density at radius 3 is 2.33 bits per heavy atom. The number of benzene rings is 2. The molecule has 0 spiro atoms. The van der Waals surface area contributed by atoms with Gasteiger partial charge in [0.1, 0.15) is 5.75 Å². The minimum absolute atomic E-state index is 0.183. The van der Waals surface area contributed by atoms with Crippen molar-refractivity contribution in [1.82, 2.24) is 5.32 Å². The molecule has 2 aromatic rings. The van der Waals surface area contributed by atoms with Crippen molar-refractivity contribution in [2.45, 2.75) is 19.4 Å². The van der Waals surface area contributed by atoms with Crippen molar-refractivity contribution in [1.29, 1.82) is 0 Å². The second kappa shape index (κ2) is 8.63. The molecule has 1 N–H and O–H groups in total. The highest BCUT2D eigenvalue weighted by molar-refractivity contribution is 7.92. The molecule has 8 heteroatoms. The first-order chi connectivity index (χ1) is 12.7. The van der Waals surface area contributed by atoms with Crippen molar-refractivity contribution in [2.75, 3.05) is 24.7 Å². The summed E-state index contributed by atoms with van der Waals surface area (Å²) >= 11 is 6.23. The number of halogens is 1. The van der Waals surface area contributed by atoms with Gasteiger partial charge in [0.2, 0.25) is 10.0 Å². The number of rotatable bonds is 7. The van der Waals surface area contributed by atoms with Crippen LogP contribution in [-0.4, -0.2) is 34.7 Å². The summed E-state index contributed by atoms with van der Waals surface area (Å²) in [5.41, 5.74) is 1.63. The summed E-state index contributed by atoms with van der Waals surface area (Å²) in [7, 11) is -0.380. The first-order valence-electron chi connectivity index (χ1n) is 8.35. The predicted octanol–water partition coefficient (Wildman–Crippen LogP) is 3.63. The highest BCUT2D eigenvalue weighted by atomic mass is 35.5. The maximum Gasteiger partial charge on any atom is 0.253 e. The van der Waals surface area contributed by atoms with E-state index in [2.05, 4.69) is 5.32 Å². The Bertz CT molecular complexity index is 914. The zero-order valence-corrected chi connectivity index (χ0v) is 17.3. The Labute approximate surface area is 165 Å². The number of hydrogen-bond acceptors (Lipinski definition) is 4. The van der Waals surface area contributed by atoms with Crippen LogP contribution < -0.4 is 14.4 Å². The second-order valence-corrected chi connectivity index (χ2v) is 8.52. The van der Waals surface area contributed by atoms with Crippen LogP contribution >= 0.6 is 11.6 Å². The molecule has 0 saturated heterocycles. The Balaban J connectivity index is 2.20. The van der Waals surface area contributed by atoms with Crippen molar-refractivity contribution < 1.29 is 17.9 Å². The van der Waals surface area contributed by atoms with Crippen LogP contribution in [0.15, 0.2) is 42.5 Å². The van der Waals surface area contributed by atoms with Crippen molar-refractivity contribution >= 4 is 33.2 Å². The summed E-state index contributed by atoms with van der Waals surface area (Å²) in [5.74, 6) is 0.421. The molecule has 0 radical (unpaired) electrons. The molecular formula is C19H23ClN2O4S. The first-order valence-corrected chi connectivity index (χ1v) is 10.6. The molecule has 0 unspecified atom stereocenters. The van der Waals surface area contributed by atoms with Crippen molar-refractivity contribution in [3.05, 3.63) is 58.6 Å². The Hall–Kier alpha value is -2.25. The maximum atomic E-state index is 12.7. The molecule has 0 fully saturated rings. The number of carbonyl (C=O) groups excluding carboxylic acids is 1. The third-order valence-electron chi connectivity index (χ3n) is 4.29. The number of methoxy groups -OCH3 is 1. The average molecular weight is 411 g/mol. The lowest BCUT2D eigenvalue weighted by Crippen LogP contribution is -2.29. The van der Waals surface area contributed by atoms with Gasteiger partial charge in [-0.25, -0.2) is 8.42 Å². The molecule has 1 amide bonds. The molecule has 146 valence electrons. The molecule has 0 saturated carbocycles. The smallest absolute Gasteiger partial charge is 0.253 e. The van der Waals surface area contributed by atoms with Crippen molar-refractivity contribution in [3.8, 4) is 5.75 Å². The van der Waals surface area contributed by atoms with Gasteiger partial charge in [-0.1, -0.05) is 30.7 Å².